The summed E-state index contributed by atoms with van der Waals surface area (Å²) in [5.74, 6) is -0.590. The molecular formula is C25H29ClN2O5. The van der Waals surface area contributed by atoms with Crippen molar-refractivity contribution in [3.63, 3.8) is 0 Å². The minimum absolute atomic E-state index is 0.0262. The lowest BCUT2D eigenvalue weighted by atomic mass is 9.95. The molecule has 1 unspecified atom stereocenters. The summed E-state index contributed by atoms with van der Waals surface area (Å²) in [6.45, 7) is 3.44. The first kappa shape index (κ1) is 24.6. The maximum absolute atomic E-state index is 13.1. The molecular weight excluding hydrogens is 444 g/mol. The van der Waals surface area contributed by atoms with E-state index in [0.717, 1.165) is 6.54 Å². The predicted molar refractivity (Wildman–Crippen MR) is 128 cm³/mol. The number of ketones is 1. The summed E-state index contributed by atoms with van der Waals surface area (Å²) in [5, 5.41) is 11.5. The molecule has 3 rings (SSSR count). The summed E-state index contributed by atoms with van der Waals surface area (Å²) < 4.78 is 11.1. The molecule has 7 nitrogen and oxygen atoms in total. The molecule has 0 bridgehead atoms. The van der Waals surface area contributed by atoms with Gasteiger partial charge in [-0.3, -0.25) is 9.59 Å². The lowest BCUT2D eigenvalue weighted by Crippen LogP contribution is -2.32. The Kier molecular flexibility index (Phi) is 8.00. The average Bonchev–Trinajstić information content (AvgIpc) is 3.04. The molecule has 1 aliphatic rings. The minimum Gasteiger partial charge on any atom is -0.507 e. The van der Waals surface area contributed by atoms with Crippen molar-refractivity contribution in [2.24, 2.45) is 0 Å². The van der Waals surface area contributed by atoms with Gasteiger partial charge in [-0.05, 0) is 63.8 Å². The smallest absolute Gasteiger partial charge is 0.295 e. The molecule has 2 aromatic carbocycles. The van der Waals surface area contributed by atoms with E-state index in [9.17, 15) is 14.7 Å². The van der Waals surface area contributed by atoms with E-state index in [1.165, 1.54) is 12.0 Å². The monoisotopic (exact) mass is 472 g/mol. The lowest BCUT2D eigenvalue weighted by molar-refractivity contribution is -0.139. The van der Waals surface area contributed by atoms with Crippen LogP contribution in [0.15, 0.2) is 48.0 Å². The maximum Gasteiger partial charge on any atom is 0.295 e. The number of aliphatic hydroxyl groups is 1. The summed E-state index contributed by atoms with van der Waals surface area (Å²) in [6, 6.07) is 11.1. The lowest BCUT2D eigenvalue weighted by Gasteiger charge is -2.26. The van der Waals surface area contributed by atoms with Crippen molar-refractivity contribution >= 4 is 29.1 Å². The largest absolute Gasteiger partial charge is 0.507 e. The maximum atomic E-state index is 13.1. The highest BCUT2D eigenvalue weighted by Crippen LogP contribution is 2.42. The molecule has 0 aromatic heterocycles. The van der Waals surface area contributed by atoms with Gasteiger partial charge < -0.3 is 24.4 Å². The van der Waals surface area contributed by atoms with Gasteiger partial charge in [-0.2, -0.15) is 0 Å². The van der Waals surface area contributed by atoms with Crippen LogP contribution in [-0.2, 0) is 9.59 Å². The van der Waals surface area contributed by atoms with E-state index in [0.29, 0.717) is 47.2 Å². The summed E-state index contributed by atoms with van der Waals surface area (Å²) in [7, 11) is 5.42. The number of halogens is 1. The Hall–Kier alpha value is -3.03. The third-order valence-corrected chi connectivity index (χ3v) is 5.68. The van der Waals surface area contributed by atoms with Crippen LogP contribution < -0.4 is 9.47 Å². The molecule has 176 valence electrons. The van der Waals surface area contributed by atoms with Crippen molar-refractivity contribution in [3.05, 3.63) is 64.2 Å². The highest BCUT2D eigenvalue weighted by molar-refractivity contribution is 6.46. The third-order valence-electron chi connectivity index (χ3n) is 5.45. The molecule has 1 amide bonds. The fourth-order valence-corrected chi connectivity index (χ4v) is 4.13. The van der Waals surface area contributed by atoms with E-state index in [1.54, 1.807) is 42.5 Å². The van der Waals surface area contributed by atoms with E-state index < -0.39 is 17.7 Å². The van der Waals surface area contributed by atoms with E-state index in [1.807, 2.05) is 25.9 Å². The fraction of sp³-hybridized carbons (Fsp3) is 0.360. The molecule has 8 heteroatoms. The Morgan fingerprint density at radius 3 is 2.55 bits per heavy atom. The van der Waals surface area contributed by atoms with Crippen LogP contribution in [0.3, 0.4) is 0 Å². The van der Waals surface area contributed by atoms with Crippen molar-refractivity contribution in [2.45, 2.75) is 19.4 Å². The van der Waals surface area contributed by atoms with Crippen LogP contribution in [0.25, 0.3) is 5.76 Å². The summed E-state index contributed by atoms with van der Waals surface area (Å²) in [6.07, 6.45) is 0.669. The predicted octanol–water partition coefficient (Wildman–Crippen LogP) is 4.12. The van der Waals surface area contributed by atoms with Gasteiger partial charge in [-0.1, -0.05) is 29.8 Å². The van der Waals surface area contributed by atoms with Crippen LogP contribution in [0.2, 0.25) is 5.02 Å². The standard InChI is InChI=1S/C25H29ClN2O5/c1-5-33-19-11-10-16(15-20(19)32-4)22-21(23(29)17-8-6-9-18(26)14-17)24(30)25(31)28(22)13-7-12-27(2)3/h6,8-11,14-15,22,29H,5,7,12-13H2,1-4H3/b23-21-. The average molecular weight is 473 g/mol. The Morgan fingerprint density at radius 2 is 1.91 bits per heavy atom. The number of carbonyl (C=O) groups excluding carboxylic acids is 2. The van der Waals surface area contributed by atoms with E-state index in [-0.39, 0.29) is 11.3 Å². The number of hydrogen-bond acceptors (Lipinski definition) is 6. The van der Waals surface area contributed by atoms with Crippen LogP contribution in [0.4, 0.5) is 0 Å². The first-order valence-corrected chi connectivity index (χ1v) is 11.2. The molecule has 33 heavy (non-hydrogen) atoms. The van der Waals surface area contributed by atoms with Gasteiger partial charge in [0.1, 0.15) is 5.76 Å². The number of ether oxygens (including phenoxy) is 2. The van der Waals surface area contributed by atoms with Crippen molar-refractivity contribution in [3.8, 4) is 11.5 Å². The summed E-state index contributed by atoms with van der Waals surface area (Å²) >= 11 is 6.10. The molecule has 1 saturated heterocycles. The number of likely N-dealkylation sites (tertiary alicyclic amines) is 1. The number of hydrogen-bond donors (Lipinski definition) is 1. The second kappa shape index (κ2) is 10.7. The van der Waals surface area contributed by atoms with Gasteiger partial charge in [0.05, 0.1) is 25.3 Å². The number of benzene rings is 2. The van der Waals surface area contributed by atoms with Crippen LogP contribution >= 0.6 is 11.6 Å². The Bertz CT molecular complexity index is 1070. The van der Waals surface area contributed by atoms with Gasteiger partial charge in [-0.15, -0.1) is 0 Å². The zero-order valence-electron chi connectivity index (χ0n) is 19.3. The Morgan fingerprint density at radius 1 is 1.15 bits per heavy atom. The van der Waals surface area contributed by atoms with E-state index in [2.05, 4.69) is 0 Å². The number of rotatable bonds is 9. The first-order chi connectivity index (χ1) is 15.8. The van der Waals surface area contributed by atoms with Gasteiger partial charge in [-0.25, -0.2) is 0 Å². The highest BCUT2D eigenvalue weighted by atomic mass is 35.5. The van der Waals surface area contributed by atoms with Crippen LogP contribution in [0, 0.1) is 0 Å². The number of nitrogens with zero attached hydrogens (tertiary/aromatic N) is 2. The molecule has 2 aromatic rings. The Balaban J connectivity index is 2.14. The Labute approximate surface area is 199 Å². The number of methoxy groups -OCH3 is 1. The molecule has 1 heterocycles. The molecule has 0 radical (unpaired) electrons. The van der Waals surface area contributed by atoms with Gasteiger partial charge in [0.25, 0.3) is 11.7 Å². The zero-order valence-corrected chi connectivity index (χ0v) is 20.1. The zero-order chi connectivity index (χ0) is 24.1. The quantitative estimate of drug-likeness (QED) is 0.336. The van der Waals surface area contributed by atoms with Crippen LogP contribution in [-0.4, -0.2) is 67.5 Å². The summed E-state index contributed by atoms with van der Waals surface area (Å²) in [4.78, 5) is 29.7. The van der Waals surface area contributed by atoms with E-state index >= 15 is 0 Å². The third kappa shape index (κ3) is 5.31. The number of Topliss-reactive ketones (excluding diaryl/α,β-unsaturated/α-hetero) is 1. The topological polar surface area (TPSA) is 79.3 Å². The van der Waals surface area contributed by atoms with Crippen LogP contribution in [0.1, 0.15) is 30.5 Å². The molecule has 0 aliphatic carbocycles. The normalized spacial score (nSPS) is 17.6. The molecule has 0 spiro atoms. The van der Waals surface area contributed by atoms with Crippen molar-refractivity contribution < 1.29 is 24.2 Å². The van der Waals surface area contributed by atoms with Crippen molar-refractivity contribution in [1.82, 2.24) is 9.80 Å². The second-order valence-electron chi connectivity index (χ2n) is 8.00. The van der Waals surface area contributed by atoms with Gasteiger partial charge in [0.15, 0.2) is 11.5 Å². The molecule has 1 aliphatic heterocycles. The van der Waals surface area contributed by atoms with E-state index in [4.69, 9.17) is 21.1 Å². The number of amides is 1. The highest BCUT2D eigenvalue weighted by Gasteiger charge is 2.46. The molecule has 0 saturated carbocycles. The van der Waals surface area contributed by atoms with Crippen molar-refractivity contribution in [1.29, 1.82) is 0 Å². The summed E-state index contributed by atoms with van der Waals surface area (Å²) in [5.41, 5.74) is 1.04. The van der Waals surface area contributed by atoms with Gasteiger partial charge in [0.2, 0.25) is 0 Å². The van der Waals surface area contributed by atoms with Crippen LogP contribution in [0.5, 0.6) is 11.5 Å². The van der Waals surface area contributed by atoms with Gasteiger partial charge in [0, 0.05) is 17.1 Å². The molecule has 1 fully saturated rings. The number of aliphatic hydroxyl groups excluding tert-OH is 1. The van der Waals surface area contributed by atoms with Crippen molar-refractivity contribution in [2.75, 3.05) is 40.9 Å². The fourth-order valence-electron chi connectivity index (χ4n) is 3.93. The SMILES string of the molecule is CCOc1ccc(C2/C(=C(/O)c3cccc(Cl)c3)C(=O)C(=O)N2CCCN(C)C)cc1OC. The second-order valence-corrected chi connectivity index (χ2v) is 8.44. The van der Waals surface area contributed by atoms with Gasteiger partial charge >= 0.3 is 0 Å². The number of carbonyl (C=O) groups is 2. The molecule has 1 N–H and O–H groups in total. The minimum atomic E-state index is -0.768. The molecule has 1 atom stereocenters. The first-order valence-electron chi connectivity index (χ1n) is 10.8.